The molecule has 0 aromatic heterocycles. The molecule has 154 valence electrons. The van der Waals surface area contributed by atoms with Gasteiger partial charge in [-0.2, -0.15) is 0 Å². The van der Waals surface area contributed by atoms with Gasteiger partial charge in [0.15, 0.2) is 0 Å². The molecule has 0 radical (unpaired) electrons. The molecule has 2 amide bonds. The fourth-order valence-corrected chi connectivity index (χ4v) is 2.72. The number of benzene rings is 2. The Bertz CT molecular complexity index is 920. The van der Waals surface area contributed by atoms with E-state index in [4.69, 9.17) is 0 Å². The number of non-ortho nitro benzene ring substituents is 1. The van der Waals surface area contributed by atoms with Crippen LogP contribution < -0.4 is 5.32 Å². The Hall–Kier alpha value is -3.36. The third-order valence-corrected chi connectivity index (χ3v) is 4.57. The normalized spacial score (nSPS) is 11.6. The standard InChI is InChI=1S/C20H21F2N3O4/c1-13(14-5-3-6-16(11-14)25(28)29)24(2)19(26)7-4-10-23-20(27)17-9-8-15(21)12-18(17)22/h3,5-6,8-9,11-13H,4,7,10H2,1-2H3,(H,23,27). The number of hydrogen-bond acceptors (Lipinski definition) is 4. The van der Waals surface area contributed by atoms with Gasteiger partial charge < -0.3 is 10.2 Å². The molecular weight excluding hydrogens is 384 g/mol. The van der Waals surface area contributed by atoms with Gasteiger partial charge >= 0.3 is 0 Å². The van der Waals surface area contributed by atoms with Crippen LogP contribution in [0.1, 0.15) is 41.7 Å². The first-order valence-electron chi connectivity index (χ1n) is 8.94. The average molecular weight is 405 g/mol. The highest BCUT2D eigenvalue weighted by molar-refractivity contribution is 5.94. The van der Waals surface area contributed by atoms with Crippen molar-refractivity contribution in [2.75, 3.05) is 13.6 Å². The zero-order chi connectivity index (χ0) is 21.6. The molecule has 0 aliphatic carbocycles. The quantitative estimate of drug-likeness (QED) is 0.413. The van der Waals surface area contributed by atoms with E-state index >= 15 is 0 Å². The highest BCUT2D eigenvalue weighted by Gasteiger charge is 2.19. The average Bonchev–Trinajstić information content (AvgIpc) is 2.69. The van der Waals surface area contributed by atoms with Crippen LogP contribution in [0, 0.1) is 21.7 Å². The molecular formula is C20H21F2N3O4. The summed E-state index contributed by atoms with van der Waals surface area (Å²) in [5.74, 6) is -2.62. The number of halogens is 2. The van der Waals surface area contributed by atoms with Crippen molar-refractivity contribution in [3.05, 3.63) is 75.3 Å². The molecule has 7 nitrogen and oxygen atoms in total. The first-order valence-corrected chi connectivity index (χ1v) is 8.94. The van der Waals surface area contributed by atoms with E-state index in [0.717, 1.165) is 12.1 Å². The summed E-state index contributed by atoms with van der Waals surface area (Å²) in [6.07, 6.45) is 0.446. The van der Waals surface area contributed by atoms with Crippen LogP contribution in [0.3, 0.4) is 0 Å². The SMILES string of the molecule is CC(c1cccc([N+](=O)[O-])c1)N(C)C(=O)CCCNC(=O)c1ccc(F)cc1F. The Labute approximate surface area is 166 Å². The van der Waals surface area contributed by atoms with Gasteiger partial charge in [-0.3, -0.25) is 19.7 Å². The number of nitro groups is 1. The Morgan fingerprint density at radius 3 is 2.59 bits per heavy atom. The molecule has 1 unspecified atom stereocenters. The predicted molar refractivity (Wildman–Crippen MR) is 102 cm³/mol. The molecule has 1 atom stereocenters. The molecule has 0 fully saturated rings. The minimum Gasteiger partial charge on any atom is -0.352 e. The lowest BCUT2D eigenvalue weighted by Gasteiger charge is -2.25. The lowest BCUT2D eigenvalue weighted by molar-refractivity contribution is -0.384. The van der Waals surface area contributed by atoms with E-state index in [1.54, 1.807) is 26.1 Å². The van der Waals surface area contributed by atoms with E-state index in [-0.39, 0.29) is 36.2 Å². The van der Waals surface area contributed by atoms with Crippen molar-refractivity contribution in [1.29, 1.82) is 0 Å². The number of amides is 2. The summed E-state index contributed by atoms with van der Waals surface area (Å²) in [6.45, 7) is 1.90. The van der Waals surface area contributed by atoms with Gasteiger partial charge in [-0.1, -0.05) is 12.1 Å². The number of nitrogens with one attached hydrogen (secondary N) is 1. The van der Waals surface area contributed by atoms with E-state index < -0.39 is 22.5 Å². The summed E-state index contributed by atoms with van der Waals surface area (Å²) in [7, 11) is 1.60. The molecule has 1 N–H and O–H groups in total. The second-order valence-corrected chi connectivity index (χ2v) is 6.52. The van der Waals surface area contributed by atoms with Crippen molar-refractivity contribution in [2.24, 2.45) is 0 Å². The first kappa shape index (κ1) is 21.9. The second-order valence-electron chi connectivity index (χ2n) is 6.52. The van der Waals surface area contributed by atoms with Crippen LogP contribution in [0.15, 0.2) is 42.5 Å². The molecule has 2 rings (SSSR count). The molecule has 0 heterocycles. The van der Waals surface area contributed by atoms with Crippen molar-refractivity contribution in [3.8, 4) is 0 Å². The largest absolute Gasteiger partial charge is 0.352 e. The molecule has 0 spiro atoms. The number of nitrogens with zero attached hydrogens (tertiary/aromatic N) is 2. The minimum absolute atomic E-state index is 0.0501. The highest BCUT2D eigenvalue weighted by atomic mass is 19.1. The van der Waals surface area contributed by atoms with E-state index in [9.17, 15) is 28.5 Å². The van der Waals surface area contributed by atoms with Crippen molar-refractivity contribution in [1.82, 2.24) is 10.2 Å². The molecule has 2 aromatic carbocycles. The third kappa shape index (κ3) is 5.81. The van der Waals surface area contributed by atoms with Crippen molar-refractivity contribution >= 4 is 17.5 Å². The Morgan fingerprint density at radius 1 is 1.21 bits per heavy atom. The predicted octanol–water partition coefficient (Wildman–Crippen LogP) is 3.60. The van der Waals surface area contributed by atoms with Gasteiger partial charge in [0.05, 0.1) is 16.5 Å². The highest BCUT2D eigenvalue weighted by Crippen LogP contribution is 2.23. The summed E-state index contributed by atoms with van der Waals surface area (Å²) >= 11 is 0. The number of carbonyl (C=O) groups excluding carboxylic acids is 2. The lowest BCUT2D eigenvalue weighted by atomic mass is 10.1. The number of carbonyl (C=O) groups is 2. The maximum absolute atomic E-state index is 13.6. The molecule has 0 saturated heterocycles. The van der Waals surface area contributed by atoms with Gasteiger partial charge in [-0.05, 0) is 31.0 Å². The van der Waals surface area contributed by atoms with E-state index in [1.165, 1.54) is 17.0 Å². The topological polar surface area (TPSA) is 92.6 Å². The molecule has 2 aromatic rings. The van der Waals surface area contributed by atoms with Crippen molar-refractivity contribution in [2.45, 2.75) is 25.8 Å². The lowest BCUT2D eigenvalue weighted by Crippen LogP contribution is -2.31. The van der Waals surface area contributed by atoms with Crippen LogP contribution in [0.5, 0.6) is 0 Å². The Morgan fingerprint density at radius 2 is 1.93 bits per heavy atom. The van der Waals surface area contributed by atoms with Crippen LogP contribution >= 0.6 is 0 Å². The summed E-state index contributed by atoms with van der Waals surface area (Å²) in [6, 6.07) is 8.38. The van der Waals surface area contributed by atoms with Gasteiger partial charge in [-0.15, -0.1) is 0 Å². The zero-order valence-corrected chi connectivity index (χ0v) is 16.0. The Kier molecular flexibility index (Phi) is 7.35. The summed E-state index contributed by atoms with van der Waals surface area (Å²) in [4.78, 5) is 36.1. The van der Waals surface area contributed by atoms with Gasteiger partial charge in [-0.25, -0.2) is 8.78 Å². The van der Waals surface area contributed by atoms with Crippen LogP contribution in [-0.2, 0) is 4.79 Å². The second kappa shape index (κ2) is 9.72. The van der Waals surface area contributed by atoms with Crippen LogP contribution in [0.4, 0.5) is 14.5 Å². The Balaban J connectivity index is 1.84. The molecule has 29 heavy (non-hydrogen) atoms. The molecule has 0 saturated carbocycles. The minimum atomic E-state index is -0.955. The van der Waals surface area contributed by atoms with Crippen molar-refractivity contribution in [3.63, 3.8) is 0 Å². The molecule has 0 aliphatic rings. The number of rotatable bonds is 8. The van der Waals surface area contributed by atoms with E-state index in [2.05, 4.69) is 5.32 Å². The molecule has 0 bridgehead atoms. The summed E-state index contributed by atoms with van der Waals surface area (Å²) in [5, 5.41) is 13.4. The van der Waals surface area contributed by atoms with E-state index in [0.29, 0.717) is 18.1 Å². The number of hydrogen-bond donors (Lipinski definition) is 1. The maximum Gasteiger partial charge on any atom is 0.269 e. The fraction of sp³-hybridized carbons (Fsp3) is 0.300. The maximum atomic E-state index is 13.6. The summed E-state index contributed by atoms with van der Waals surface area (Å²) < 4.78 is 26.5. The number of nitro benzene ring substituents is 1. The van der Waals surface area contributed by atoms with Crippen LogP contribution in [0.25, 0.3) is 0 Å². The van der Waals surface area contributed by atoms with Gasteiger partial charge in [0.1, 0.15) is 11.6 Å². The monoisotopic (exact) mass is 405 g/mol. The smallest absolute Gasteiger partial charge is 0.269 e. The summed E-state index contributed by atoms with van der Waals surface area (Å²) in [5.41, 5.74) is 0.315. The third-order valence-electron chi connectivity index (χ3n) is 4.57. The first-order chi connectivity index (χ1) is 13.7. The van der Waals surface area contributed by atoms with E-state index in [1.807, 2.05) is 0 Å². The fourth-order valence-electron chi connectivity index (χ4n) is 2.72. The van der Waals surface area contributed by atoms with Gasteiger partial charge in [0.25, 0.3) is 11.6 Å². The van der Waals surface area contributed by atoms with Crippen LogP contribution in [-0.4, -0.2) is 35.2 Å². The van der Waals surface area contributed by atoms with Gasteiger partial charge in [0, 0.05) is 38.2 Å². The van der Waals surface area contributed by atoms with Crippen LogP contribution in [0.2, 0.25) is 0 Å². The van der Waals surface area contributed by atoms with Gasteiger partial charge in [0.2, 0.25) is 5.91 Å². The van der Waals surface area contributed by atoms with Crippen molar-refractivity contribution < 1.29 is 23.3 Å². The zero-order valence-electron chi connectivity index (χ0n) is 16.0. The molecule has 0 aliphatic heterocycles. The molecule has 9 heteroatoms.